The summed E-state index contributed by atoms with van der Waals surface area (Å²) in [6.45, 7) is 0.242. The second-order valence-electron chi connectivity index (χ2n) is 8.05. The smallest absolute Gasteiger partial charge is 0.344 e. The van der Waals surface area contributed by atoms with Crippen LogP contribution in [0, 0.1) is 0 Å². The van der Waals surface area contributed by atoms with Crippen molar-refractivity contribution in [3.8, 4) is 11.5 Å². The van der Waals surface area contributed by atoms with Crippen molar-refractivity contribution in [1.82, 2.24) is 0 Å². The molecule has 0 aliphatic carbocycles. The molecule has 0 bridgehead atoms. The van der Waals surface area contributed by atoms with Crippen LogP contribution < -0.4 is 20.4 Å². The van der Waals surface area contributed by atoms with Gasteiger partial charge in [0, 0.05) is 11.3 Å². The number of anilines is 1. The lowest BCUT2D eigenvalue weighted by Crippen LogP contribution is -2.37. The van der Waals surface area contributed by atoms with Crippen molar-refractivity contribution in [2.24, 2.45) is 0 Å². The number of amides is 1. The number of carbonyl (C=O) groups excluding carboxylic acids is 1. The Morgan fingerprint density at radius 2 is 1.67 bits per heavy atom. The fraction of sp³-hybridized carbons (Fsp3) is 0.111. The highest BCUT2D eigenvalue weighted by Crippen LogP contribution is 2.46. The summed E-state index contributed by atoms with van der Waals surface area (Å²) in [7, 11) is 0. The van der Waals surface area contributed by atoms with Crippen LogP contribution in [-0.2, 0) is 4.79 Å². The molecule has 162 valence electrons. The van der Waals surface area contributed by atoms with E-state index in [1.54, 1.807) is 24.3 Å². The van der Waals surface area contributed by atoms with Crippen LogP contribution in [0.25, 0.3) is 17.0 Å². The monoisotopic (exact) mass is 437 g/mol. The minimum atomic E-state index is -0.950. The number of hydrogen-bond donors (Lipinski definition) is 1. The van der Waals surface area contributed by atoms with Crippen molar-refractivity contribution < 1.29 is 18.7 Å². The lowest BCUT2D eigenvalue weighted by atomic mass is 9.86. The van der Waals surface area contributed by atoms with Gasteiger partial charge in [0.2, 0.25) is 0 Å². The van der Waals surface area contributed by atoms with Gasteiger partial charge in [-0.05, 0) is 42.0 Å². The van der Waals surface area contributed by atoms with Gasteiger partial charge in [-0.1, -0.05) is 48.5 Å². The van der Waals surface area contributed by atoms with Gasteiger partial charge in [0.25, 0.3) is 5.91 Å². The summed E-state index contributed by atoms with van der Waals surface area (Å²) in [5, 5.41) is 3.57. The number of nitrogens with one attached hydrogen (secondary N) is 1. The molecule has 2 aliphatic heterocycles. The number of hydrogen-bond acceptors (Lipinski definition) is 5. The molecule has 2 aliphatic rings. The number of ether oxygens (including phenoxy) is 2. The Labute approximate surface area is 189 Å². The summed E-state index contributed by atoms with van der Waals surface area (Å²) in [4.78, 5) is 26.5. The Balaban J connectivity index is 1.49. The van der Waals surface area contributed by atoms with Gasteiger partial charge in [0.1, 0.15) is 23.7 Å². The topological polar surface area (TPSA) is 77.8 Å². The van der Waals surface area contributed by atoms with Crippen molar-refractivity contribution in [2.75, 3.05) is 11.9 Å². The van der Waals surface area contributed by atoms with Gasteiger partial charge >= 0.3 is 5.63 Å². The second kappa shape index (κ2) is 7.67. The lowest BCUT2D eigenvalue weighted by molar-refractivity contribution is -0.122. The third-order valence-corrected chi connectivity index (χ3v) is 6.01. The van der Waals surface area contributed by atoms with Crippen LogP contribution >= 0.6 is 0 Å². The Hall–Kier alpha value is -4.32. The average molecular weight is 437 g/mol. The van der Waals surface area contributed by atoms with E-state index in [0.29, 0.717) is 28.0 Å². The van der Waals surface area contributed by atoms with E-state index in [2.05, 4.69) is 5.32 Å². The normalized spacial score (nSPS) is 18.5. The van der Waals surface area contributed by atoms with Gasteiger partial charge in [-0.25, -0.2) is 4.79 Å². The van der Waals surface area contributed by atoms with Crippen molar-refractivity contribution in [3.05, 3.63) is 106 Å². The predicted octanol–water partition coefficient (Wildman–Crippen LogP) is 4.75. The van der Waals surface area contributed by atoms with E-state index in [-0.39, 0.29) is 12.5 Å². The van der Waals surface area contributed by atoms with E-state index in [4.69, 9.17) is 13.9 Å². The maximum Gasteiger partial charge on any atom is 0.344 e. The summed E-state index contributed by atoms with van der Waals surface area (Å²) in [6.07, 6.45) is 1.02. The fourth-order valence-electron chi connectivity index (χ4n) is 4.51. The number of benzene rings is 3. The zero-order chi connectivity index (χ0) is 22.4. The van der Waals surface area contributed by atoms with E-state index in [0.717, 1.165) is 16.9 Å². The van der Waals surface area contributed by atoms with Gasteiger partial charge < -0.3 is 19.2 Å². The van der Waals surface area contributed by atoms with Crippen LogP contribution in [0.1, 0.15) is 17.0 Å². The minimum Gasteiger partial charge on any atom is -0.489 e. The fourth-order valence-corrected chi connectivity index (χ4v) is 4.51. The highest BCUT2D eigenvalue weighted by Gasteiger charge is 2.45. The van der Waals surface area contributed by atoms with Gasteiger partial charge in [-0.3, -0.25) is 4.79 Å². The Morgan fingerprint density at radius 3 is 2.55 bits per heavy atom. The van der Waals surface area contributed by atoms with E-state index >= 15 is 0 Å². The first-order chi connectivity index (χ1) is 16.2. The summed E-state index contributed by atoms with van der Waals surface area (Å²) < 4.78 is 17.8. The third kappa shape index (κ3) is 3.27. The number of rotatable bonds is 3. The molecule has 6 nitrogen and oxygen atoms in total. The minimum absolute atomic E-state index is 0.242. The Morgan fingerprint density at radius 1 is 0.909 bits per heavy atom. The molecule has 6 heteroatoms. The lowest BCUT2D eigenvalue weighted by Gasteiger charge is -2.24. The van der Waals surface area contributed by atoms with Crippen LogP contribution in [0.5, 0.6) is 11.5 Å². The zero-order valence-electron chi connectivity index (χ0n) is 17.5. The second-order valence-corrected chi connectivity index (χ2v) is 8.05. The standard InChI is InChI=1S/C27H19NO5/c29-26(28-18-9-2-1-3-10-18)25-22(17-14-16-8-4-6-12-20(16)31-15-17)23-24(33-25)19-11-5-7-13-21(19)32-27(23)30/h1-14,22,25H,15H2,(H,28,29)/t22-,25+/m1/s1. The molecule has 0 spiro atoms. The molecule has 0 fully saturated rings. The molecule has 0 radical (unpaired) electrons. The summed E-state index contributed by atoms with van der Waals surface area (Å²) in [6, 6.07) is 24.0. The number of carbonyl (C=O) groups is 1. The number of fused-ring (bicyclic) bond motifs is 4. The Bertz CT molecular complexity index is 1470. The predicted molar refractivity (Wildman–Crippen MR) is 125 cm³/mol. The van der Waals surface area contributed by atoms with Crippen LogP contribution in [-0.4, -0.2) is 18.6 Å². The van der Waals surface area contributed by atoms with Gasteiger partial charge in [0.15, 0.2) is 6.10 Å². The molecular weight excluding hydrogens is 418 g/mol. The molecular formula is C27H19NO5. The Kier molecular flexibility index (Phi) is 4.50. The SMILES string of the molecule is O=C(Nc1ccccc1)[C@H]1Oc2c(c(=O)oc3ccccc23)[C@H]1C1=Cc2ccccc2OC1. The first kappa shape index (κ1) is 19.4. The van der Waals surface area contributed by atoms with E-state index in [1.807, 2.05) is 60.7 Å². The van der Waals surface area contributed by atoms with Crippen molar-refractivity contribution in [3.63, 3.8) is 0 Å². The highest BCUT2D eigenvalue weighted by molar-refractivity contribution is 5.98. The molecule has 1 N–H and O–H groups in total. The van der Waals surface area contributed by atoms with Crippen molar-refractivity contribution in [2.45, 2.75) is 12.0 Å². The van der Waals surface area contributed by atoms with Gasteiger partial charge in [-0.2, -0.15) is 0 Å². The van der Waals surface area contributed by atoms with E-state index in [9.17, 15) is 9.59 Å². The molecule has 3 heterocycles. The number of para-hydroxylation sites is 3. The maximum absolute atomic E-state index is 13.4. The quantitative estimate of drug-likeness (QED) is 0.468. The van der Waals surface area contributed by atoms with Crippen LogP contribution in [0.3, 0.4) is 0 Å². The molecule has 0 saturated heterocycles. The van der Waals surface area contributed by atoms with Crippen molar-refractivity contribution in [1.29, 1.82) is 0 Å². The van der Waals surface area contributed by atoms with E-state index in [1.165, 1.54) is 0 Å². The third-order valence-electron chi connectivity index (χ3n) is 6.01. The summed E-state index contributed by atoms with van der Waals surface area (Å²) >= 11 is 0. The highest BCUT2D eigenvalue weighted by atomic mass is 16.5. The molecule has 3 aromatic carbocycles. The van der Waals surface area contributed by atoms with Gasteiger partial charge in [-0.15, -0.1) is 0 Å². The molecule has 1 aromatic heterocycles. The van der Waals surface area contributed by atoms with Crippen LogP contribution in [0.2, 0.25) is 0 Å². The first-order valence-corrected chi connectivity index (χ1v) is 10.7. The molecule has 0 unspecified atom stereocenters. The van der Waals surface area contributed by atoms with Crippen LogP contribution in [0.4, 0.5) is 5.69 Å². The van der Waals surface area contributed by atoms with Crippen molar-refractivity contribution >= 4 is 28.6 Å². The first-order valence-electron chi connectivity index (χ1n) is 10.7. The van der Waals surface area contributed by atoms with E-state index < -0.39 is 17.6 Å². The molecule has 6 rings (SSSR count). The summed E-state index contributed by atoms with van der Waals surface area (Å²) in [5.41, 5.74) is 2.57. The average Bonchev–Trinajstić information content (AvgIpc) is 3.26. The zero-order valence-corrected chi connectivity index (χ0v) is 17.5. The summed E-state index contributed by atoms with van der Waals surface area (Å²) in [5.74, 6) is 0.166. The molecule has 4 aromatic rings. The van der Waals surface area contributed by atoms with Gasteiger partial charge in [0.05, 0.1) is 16.9 Å². The largest absolute Gasteiger partial charge is 0.489 e. The maximum atomic E-state index is 13.4. The molecule has 1 amide bonds. The molecule has 33 heavy (non-hydrogen) atoms. The molecule has 2 atom stereocenters. The van der Waals surface area contributed by atoms with Crippen LogP contribution in [0.15, 0.2) is 93.6 Å². The molecule has 0 saturated carbocycles.